The van der Waals surface area contributed by atoms with Crippen molar-refractivity contribution >= 4 is 23.5 Å². The smallest absolute Gasteiger partial charge is 0.327 e. The Morgan fingerprint density at radius 2 is 2.12 bits per heavy atom. The van der Waals surface area contributed by atoms with E-state index < -0.39 is 18.1 Å². The van der Waals surface area contributed by atoms with Crippen molar-refractivity contribution in [3.63, 3.8) is 0 Å². The lowest BCUT2D eigenvalue weighted by Gasteiger charge is -2.43. The minimum Gasteiger partial charge on any atom is -0.383 e. The molecule has 0 bridgehead atoms. The molecule has 9 nitrogen and oxygen atoms in total. The summed E-state index contributed by atoms with van der Waals surface area (Å²) in [4.78, 5) is 45.9. The van der Waals surface area contributed by atoms with Crippen molar-refractivity contribution in [1.82, 2.24) is 19.7 Å². The van der Waals surface area contributed by atoms with Crippen molar-refractivity contribution in [1.29, 1.82) is 0 Å². The molecule has 2 unspecified atom stereocenters. The number of hydrogen-bond donors (Lipinski definition) is 1. The number of hydrogen-bond acceptors (Lipinski definition) is 6. The van der Waals surface area contributed by atoms with Gasteiger partial charge in [0.2, 0.25) is 5.91 Å². The van der Waals surface area contributed by atoms with E-state index in [-0.39, 0.29) is 11.8 Å². The molecule has 26 heavy (non-hydrogen) atoms. The van der Waals surface area contributed by atoms with Gasteiger partial charge in [-0.15, -0.1) is 0 Å². The number of carbonyl (C=O) groups excluding carboxylic acids is 3. The number of imide groups is 1. The highest BCUT2D eigenvalue weighted by molar-refractivity contribution is 6.06. The van der Waals surface area contributed by atoms with Gasteiger partial charge in [0.1, 0.15) is 11.9 Å². The van der Waals surface area contributed by atoms with Crippen LogP contribution < -0.4 is 5.32 Å². The predicted molar refractivity (Wildman–Crippen MR) is 92.7 cm³/mol. The highest BCUT2D eigenvalue weighted by Crippen LogP contribution is 2.34. The minimum atomic E-state index is -0.603. The maximum Gasteiger partial charge on any atom is 0.327 e. The maximum atomic E-state index is 12.8. The number of nitrogens with zero attached hydrogens (tertiary/aromatic N) is 4. The number of methoxy groups -OCH3 is 1. The number of anilines is 1. The monoisotopic (exact) mass is 359 g/mol. The number of amides is 4. The summed E-state index contributed by atoms with van der Waals surface area (Å²) in [7, 11) is 4.62. The van der Waals surface area contributed by atoms with Crippen LogP contribution in [0.4, 0.5) is 10.5 Å². The third kappa shape index (κ3) is 3.01. The molecule has 138 valence electrons. The van der Waals surface area contributed by atoms with Crippen molar-refractivity contribution in [2.45, 2.75) is 6.17 Å². The van der Waals surface area contributed by atoms with Gasteiger partial charge in [-0.3, -0.25) is 19.5 Å². The number of rotatable bonds is 5. The molecule has 0 aromatic carbocycles. The fourth-order valence-corrected chi connectivity index (χ4v) is 3.28. The number of pyridine rings is 1. The van der Waals surface area contributed by atoms with E-state index in [0.717, 1.165) is 4.90 Å². The highest BCUT2D eigenvalue weighted by Gasteiger charge is 2.50. The Morgan fingerprint density at radius 3 is 2.77 bits per heavy atom. The average Bonchev–Trinajstić information content (AvgIpc) is 3.03. The second-order valence-electron chi connectivity index (χ2n) is 6.16. The molecule has 1 saturated heterocycles. The summed E-state index contributed by atoms with van der Waals surface area (Å²) in [5, 5.41) is 2.77. The molecule has 2 atom stereocenters. The van der Waals surface area contributed by atoms with E-state index in [1.54, 1.807) is 43.5 Å². The SMILES string of the molecule is COCCN1C(C(=O)Nc2cccnc2)=CC2C(=O)N(C)C(=O)N(C)C21. The lowest BCUT2D eigenvalue weighted by Crippen LogP contribution is -2.62. The largest absolute Gasteiger partial charge is 0.383 e. The van der Waals surface area contributed by atoms with E-state index in [1.165, 1.54) is 18.1 Å². The zero-order chi connectivity index (χ0) is 18.8. The summed E-state index contributed by atoms with van der Waals surface area (Å²) < 4.78 is 5.13. The Kier molecular flexibility index (Phi) is 4.90. The van der Waals surface area contributed by atoms with E-state index in [2.05, 4.69) is 10.3 Å². The Hall–Kier alpha value is -2.94. The Balaban J connectivity index is 1.90. The Labute approximate surface area is 151 Å². The van der Waals surface area contributed by atoms with Gasteiger partial charge in [-0.2, -0.15) is 0 Å². The van der Waals surface area contributed by atoms with Gasteiger partial charge in [-0.1, -0.05) is 0 Å². The molecule has 0 radical (unpaired) electrons. The number of urea groups is 1. The second kappa shape index (κ2) is 7.12. The highest BCUT2D eigenvalue weighted by atomic mass is 16.5. The van der Waals surface area contributed by atoms with Crippen molar-refractivity contribution in [2.75, 3.05) is 39.7 Å². The summed E-state index contributed by atoms with van der Waals surface area (Å²) in [6, 6.07) is 3.04. The van der Waals surface area contributed by atoms with Crippen LogP contribution in [-0.2, 0) is 14.3 Å². The van der Waals surface area contributed by atoms with Gasteiger partial charge < -0.3 is 19.9 Å². The van der Waals surface area contributed by atoms with Crippen molar-refractivity contribution in [3.05, 3.63) is 36.3 Å². The van der Waals surface area contributed by atoms with Gasteiger partial charge in [0.15, 0.2) is 0 Å². The third-order valence-corrected chi connectivity index (χ3v) is 4.58. The van der Waals surface area contributed by atoms with Crippen molar-refractivity contribution in [3.8, 4) is 0 Å². The lowest BCUT2D eigenvalue weighted by molar-refractivity contribution is -0.137. The maximum absolute atomic E-state index is 12.8. The number of ether oxygens (including phenoxy) is 1. The first-order chi connectivity index (χ1) is 12.5. The van der Waals surface area contributed by atoms with Crippen LogP contribution in [0.5, 0.6) is 0 Å². The Bertz CT molecular complexity index is 751. The molecular formula is C17H21N5O4. The molecule has 1 fully saturated rings. The molecule has 0 spiro atoms. The molecule has 1 aromatic rings. The van der Waals surface area contributed by atoms with Gasteiger partial charge in [-0.25, -0.2) is 4.79 Å². The van der Waals surface area contributed by atoms with Crippen LogP contribution in [0.15, 0.2) is 36.3 Å². The van der Waals surface area contributed by atoms with Crippen molar-refractivity contribution in [2.24, 2.45) is 5.92 Å². The second-order valence-corrected chi connectivity index (χ2v) is 6.16. The number of aromatic nitrogens is 1. The van der Waals surface area contributed by atoms with Crippen LogP contribution in [-0.4, -0.2) is 78.1 Å². The van der Waals surface area contributed by atoms with Crippen molar-refractivity contribution < 1.29 is 19.1 Å². The molecule has 3 rings (SSSR count). The zero-order valence-corrected chi connectivity index (χ0v) is 14.9. The molecular weight excluding hydrogens is 338 g/mol. The topological polar surface area (TPSA) is 95.1 Å². The van der Waals surface area contributed by atoms with Crippen LogP contribution in [0.1, 0.15) is 0 Å². The quantitative estimate of drug-likeness (QED) is 0.814. The zero-order valence-electron chi connectivity index (χ0n) is 14.9. The Morgan fingerprint density at radius 1 is 1.35 bits per heavy atom. The fourth-order valence-electron chi connectivity index (χ4n) is 3.28. The van der Waals surface area contributed by atoms with E-state index in [4.69, 9.17) is 4.74 Å². The molecule has 2 aliphatic rings. The van der Waals surface area contributed by atoms with E-state index >= 15 is 0 Å². The summed E-state index contributed by atoms with van der Waals surface area (Å²) in [5.41, 5.74) is 0.886. The van der Waals surface area contributed by atoms with Crippen LogP contribution in [0.3, 0.4) is 0 Å². The number of carbonyl (C=O) groups is 3. The first-order valence-corrected chi connectivity index (χ1v) is 8.19. The van der Waals surface area contributed by atoms with Gasteiger partial charge in [-0.05, 0) is 18.2 Å². The number of nitrogens with one attached hydrogen (secondary N) is 1. The van der Waals surface area contributed by atoms with E-state index in [1.807, 2.05) is 0 Å². The molecule has 1 aromatic heterocycles. The molecule has 3 heterocycles. The first-order valence-electron chi connectivity index (χ1n) is 8.19. The van der Waals surface area contributed by atoms with E-state index in [9.17, 15) is 14.4 Å². The number of fused-ring (bicyclic) bond motifs is 1. The van der Waals surface area contributed by atoms with Crippen LogP contribution in [0.2, 0.25) is 0 Å². The molecule has 1 N–H and O–H groups in total. The van der Waals surface area contributed by atoms with Crippen LogP contribution in [0.25, 0.3) is 0 Å². The summed E-state index contributed by atoms with van der Waals surface area (Å²) in [6.07, 6.45) is 4.22. The minimum absolute atomic E-state index is 0.329. The molecule has 4 amide bonds. The van der Waals surface area contributed by atoms with E-state index in [0.29, 0.717) is 24.5 Å². The normalized spacial score (nSPS) is 22.4. The molecule has 9 heteroatoms. The summed E-state index contributed by atoms with van der Waals surface area (Å²) in [6.45, 7) is 0.728. The molecule has 0 aliphatic carbocycles. The first kappa shape index (κ1) is 17.9. The summed E-state index contributed by atoms with van der Waals surface area (Å²) >= 11 is 0. The summed E-state index contributed by atoms with van der Waals surface area (Å²) in [5.74, 6) is -1.29. The lowest BCUT2D eigenvalue weighted by atomic mass is 10.0. The van der Waals surface area contributed by atoms with Gasteiger partial charge in [0.05, 0.1) is 24.4 Å². The fraction of sp³-hybridized carbons (Fsp3) is 0.412. The van der Waals surface area contributed by atoms with Gasteiger partial charge in [0, 0.05) is 33.9 Å². The van der Waals surface area contributed by atoms with Gasteiger partial charge >= 0.3 is 6.03 Å². The van der Waals surface area contributed by atoms with Crippen LogP contribution in [0, 0.1) is 5.92 Å². The average molecular weight is 359 g/mol. The predicted octanol–water partition coefficient (Wildman–Crippen LogP) is 0.332. The third-order valence-electron chi connectivity index (χ3n) is 4.58. The van der Waals surface area contributed by atoms with Crippen LogP contribution >= 0.6 is 0 Å². The molecule has 2 aliphatic heterocycles. The molecule has 0 saturated carbocycles. The standard InChI is InChI=1S/C17H21N5O4/c1-20-15-12(16(24)21(2)17(20)25)9-13(22(15)7-8-26-3)14(23)19-11-5-4-6-18-10-11/h4-6,9-10,12,15H,7-8H2,1-3H3,(H,19,23). The van der Waals surface area contributed by atoms with Gasteiger partial charge in [0.25, 0.3) is 5.91 Å².